The maximum atomic E-state index is 12.1. The summed E-state index contributed by atoms with van der Waals surface area (Å²) < 4.78 is 36.2. The Balaban J connectivity index is 4.41. The molecular weight excluding hydrogens is 241 g/mol. The number of hydrogen-bond donors (Lipinski definition) is 2. The normalized spacial score (nSPS) is 10.7. The van der Waals surface area contributed by atoms with Crippen molar-refractivity contribution in [1.29, 1.82) is 0 Å². The number of aliphatic carboxylic acids is 1. The zero-order valence-electron chi connectivity index (χ0n) is 8.75. The van der Waals surface area contributed by atoms with Gasteiger partial charge in [-0.25, -0.2) is 0 Å². The number of carbonyl (C=O) groups excluding carboxylic acids is 1. The van der Waals surface area contributed by atoms with Crippen molar-refractivity contribution in [3.05, 3.63) is 0 Å². The largest absolute Gasteiger partial charge is 0.480 e. The summed E-state index contributed by atoms with van der Waals surface area (Å²) in [7, 11) is 0. The van der Waals surface area contributed by atoms with Crippen molar-refractivity contribution in [2.24, 2.45) is 0 Å². The summed E-state index contributed by atoms with van der Waals surface area (Å²) in [4.78, 5) is 21.8. The molecule has 0 aliphatic rings. The topological polar surface area (TPSA) is 69.6 Å². The molecule has 0 radical (unpaired) electrons. The van der Waals surface area contributed by atoms with Gasteiger partial charge in [-0.1, -0.05) is 5.92 Å². The van der Waals surface area contributed by atoms with Gasteiger partial charge in [-0.3, -0.25) is 14.9 Å². The summed E-state index contributed by atoms with van der Waals surface area (Å²) in [6.07, 6.45) is 0.220. The first-order chi connectivity index (χ1) is 7.76. The van der Waals surface area contributed by atoms with Crippen molar-refractivity contribution in [3.8, 4) is 12.3 Å². The summed E-state index contributed by atoms with van der Waals surface area (Å²) in [5.41, 5.74) is 0. The molecule has 0 spiro atoms. The lowest BCUT2D eigenvalue weighted by molar-refractivity contribution is -0.165. The first kappa shape index (κ1) is 15.2. The van der Waals surface area contributed by atoms with E-state index in [2.05, 4.69) is 11.2 Å². The van der Waals surface area contributed by atoms with Gasteiger partial charge < -0.3 is 10.0 Å². The quantitative estimate of drug-likeness (QED) is 0.502. The highest BCUT2D eigenvalue weighted by Gasteiger charge is 2.33. The van der Waals surface area contributed by atoms with Crippen molar-refractivity contribution in [2.75, 3.05) is 26.2 Å². The molecule has 0 aromatic carbocycles. The van der Waals surface area contributed by atoms with Crippen molar-refractivity contribution in [1.82, 2.24) is 10.2 Å². The lowest BCUT2D eigenvalue weighted by Crippen LogP contribution is -2.45. The highest BCUT2D eigenvalue weighted by Crippen LogP contribution is 2.16. The average Bonchev–Trinajstić information content (AvgIpc) is 2.14. The Labute approximate surface area is 95.6 Å². The number of nitrogens with zero attached hydrogens (tertiary/aromatic N) is 1. The van der Waals surface area contributed by atoms with Gasteiger partial charge in [0, 0.05) is 0 Å². The third-order valence-corrected chi connectivity index (χ3v) is 1.55. The Morgan fingerprint density at radius 3 is 2.41 bits per heavy atom. The number of hydrogen-bond acceptors (Lipinski definition) is 3. The predicted octanol–water partition coefficient (Wildman–Crippen LogP) is -0.315. The number of alkyl halides is 3. The molecule has 2 N–H and O–H groups in total. The fourth-order valence-electron chi connectivity index (χ4n) is 0.965. The number of halogens is 3. The van der Waals surface area contributed by atoms with Crippen LogP contribution in [0.5, 0.6) is 0 Å². The van der Waals surface area contributed by atoms with Crippen molar-refractivity contribution >= 4 is 11.9 Å². The van der Waals surface area contributed by atoms with Gasteiger partial charge >= 0.3 is 12.1 Å². The van der Waals surface area contributed by atoms with Crippen LogP contribution in [-0.2, 0) is 9.59 Å². The Morgan fingerprint density at radius 2 is 2.00 bits per heavy atom. The van der Waals surface area contributed by atoms with E-state index in [4.69, 9.17) is 11.5 Å². The van der Waals surface area contributed by atoms with Gasteiger partial charge in [0.2, 0.25) is 5.91 Å². The highest BCUT2D eigenvalue weighted by molar-refractivity contribution is 5.82. The molecule has 0 rings (SSSR count). The molecule has 5 nitrogen and oxygen atoms in total. The zero-order chi connectivity index (χ0) is 13.5. The fourth-order valence-corrected chi connectivity index (χ4v) is 0.965. The van der Waals surface area contributed by atoms with Crippen LogP contribution in [0, 0.1) is 12.3 Å². The standard InChI is InChI=1S/C9H11F3N2O3/c1-2-3-13-4-7(15)14(5-8(16)17)6-9(10,11)12/h1,13H,3-6H2,(H,16,17). The van der Waals surface area contributed by atoms with E-state index in [0.29, 0.717) is 0 Å². The van der Waals surface area contributed by atoms with Gasteiger partial charge in [0.05, 0.1) is 13.1 Å². The summed E-state index contributed by atoms with van der Waals surface area (Å²) in [6.45, 7) is -3.03. The Hall–Kier alpha value is -1.75. The minimum Gasteiger partial charge on any atom is -0.480 e. The Morgan fingerprint density at radius 1 is 1.41 bits per heavy atom. The number of carbonyl (C=O) groups is 2. The third kappa shape index (κ3) is 8.10. The number of rotatable bonds is 6. The summed E-state index contributed by atoms with van der Waals surface area (Å²) in [6, 6.07) is 0. The maximum absolute atomic E-state index is 12.1. The smallest absolute Gasteiger partial charge is 0.406 e. The molecular formula is C9H11F3N2O3. The number of carboxylic acids is 1. The Kier molecular flexibility index (Phi) is 6.06. The molecule has 1 amide bonds. The molecule has 0 aromatic heterocycles. The van der Waals surface area contributed by atoms with E-state index in [0.717, 1.165) is 0 Å². The Bertz CT molecular complexity index is 322. The molecule has 0 saturated carbocycles. The number of nitrogens with one attached hydrogen (secondary N) is 1. The van der Waals surface area contributed by atoms with Crippen molar-refractivity contribution in [2.45, 2.75) is 6.18 Å². The molecule has 8 heteroatoms. The van der Waals surface area contributed by atoms with Crippen LogP contribution in [0.25, 0.3) is 0 Å². The molecule has 0 aliphatic carbocycles. The van der Waals surface area contributed by atoms with Crippen LogP contribution >= 0.6 is 0 Å². The first-order valence-electron chi connectivity index (χ1n) is 4.46. The number of amides is 1. The summed E-state index contributed by atoms with van der Waals surface area (Å²) in [5, 5.41) is 10.8. The molecule has 0 bridgehead atoms. The SMILES string of the molecule is C#CCNCC(=O)N(CC(=O)O)CC(F)(F)F. The third-order valence-electron chi connectivity index (χ3n) is 1.55. The van der Waals surface area contributed by atoms with Crippen molar-refractivity contribution in [3.63, 3.8) is 0 Å². The second-order valence-corrected chi connectivity index (χ2v) is 3.07. The molecule has 0 fully saturated rings. The maximum Gasteiger partial charge on any atom is 0.406 e. The van der Waals surface area contributed by atoms with Crippen LogP contribution in [0.1, 0.15) is 0 Å². The van der Waals surface area contributed by atoms with Crippen molar-refractivity contribution < 1.29 is 27.9 Å². The van der Waals surface area contributed by atoms with E-state index in [1.54, 1.807) is 0 Å². The van der Waals surface area contributed by atoms with Gasteiger partial charge in [0.1, 0.15) is 13.1 Å². The highest BCUT2D eigenvalue weighted by atomic mass is 19.4. The minimum atomic E-state index is -4.64. The van der Waals surface area contributed by atoms with Gasteiger partial charge in [-0.2, -0.15) is 13.2 Å². The van der Waals surface area contributed by atoms with Crippen LogP contribution in [0.4, 0.5) is 13.2 Å². The van der Waals surface area contributed by atoms with Crippen LogP contribution in [0.2, 0.25) is 0 Å². The zero-order valence-corrected chi connectivity index (χ0v) is 8.75. The van der Waals surface area contributed by atoms with E-state index >= 15 is 0 Å². The molecule has 96 valence electrons. The lowest BCUT2D eigenvalue weighted by atomic mass is 10.4. The van der Waals surface area contributed by atoms with E-state index < -0.39 is 37.7 Å². The molecule has 0 aliphatic heterocycles. The van der Waals surface area contributed by atoms with Crippen LogP contribution in [0.15, 0.2) is 0 Å². The predicted molar refractivity (Wildman–Crippen MR) is 52.0 cm³/mol. The second-order valence-electron chi connectivity index (χ2n) is 3.07. The second kappa shape index (κ2) is 6.75. The number of terminal acetylenes is 1. The first-order valence-corrected chi connectivity index (χ1v) is 4.46. The lowest BCUT2D eigenvalue weighted by Gasteiger charge is -2.22. The van der Waals surface area contributed by atoms with E-state index in [1.807, 2.05) is 0 Å². The molecule has 0 aromatic rings. The van der Waals surface area contributed by atoms with Gasteiger partial charge in [0.25, 0.3) is 0 Å². The van der Waals surface area contributed by atoms with Gasteiger partial charge in [-0.05, 0) is 0 Å². The summed E-state index contributed by atoms with van der Waals surface area (Å²) in [5.74, 6) is -0.356. The minimum absolute atomic E-state index is 0.0126. The van der Waals surface area contributed by atoms with E-state index in [9.17, 15) is 22.8 Å². The van der Waals surface area contributed by atoms with Crippen LogP contribution in [0.3, 0.4) is 0 Å². The fraction of sp³-hybridized carbons (Fsp3) is 0.556. The number of carboxylic acid groups (broad SMARTS) is 1. The molecule has 0 atom stereocenters. The van der Waals surface area contributed by atoms with Gasteiger partial charge in [-0.15, -0.1) is 6.42 Å². The van der Waals surface area contributed by atoms with Crippen LogP contribution in [-0.4, -0.2) is 54.2 Å². The molecule has 0 heterocycles. The molecule has 0 saturated heterocycles. The van der Waals surface area contributed by atoms with E-state index in [-0.39, 0.29) is 11.4 Å². The molecule has 17 heavy (non-hydrogen) atoms. The van der Waals surface area contributed by atoms with E-state index in [1.165, 1.54) is 0 Å². The van der Waals surface area contributed by atoms with Gasteiger partial charge in [0.15, 0.2) is 0 Å². The van der Waals surface area contributed by atoms with Crippen LogP contribution < -0.4 is 5.32 Å². The molecule has 0 unspecified atom stereocenters. The monoisotopic (exact) mass is 252 g/mol. The summed E-state index contributed by atoms with van der Waals surface area (Å²) >= 11 is 0. The average molecular weight is 252 g/mol.